The van der Waals surface area contributed by atoms with Crippen molar-refractivity contribution < 1.29 is 9.53 Å². The van der Waals surface area contributed by atoms with Crippen LogP contribution >= 0.6 is 0 Å². The lowest BCUT2D eigenvalue weighted by atomic mass is 9.87. The average Bonchev–Trinajstić information content (AvgIpc) is 3.37. The van der Waals surface area contributed by atoms with Crippen molar-refractivity contribution in [2.45, 2.75) is 38.1 Å². The van der Waals surface area contributed by atoms with Crippen molar-refractivity contribution in [3.63, 3.8) is 0 Å². The molecule has 24 heavy (non-hydrogen) atoms. The molecule has 1 spiro atoms. The van der Waals surface area contributed by atoms with Gasteiger partial charge in [0, 0.05) is 18.5 Å². The van der Waals surface area contributed by atoms with Crippen molar-refractivity contribution in [1.29, 1.82) is 0 Å². The average molecular weight is 321 g/mol. The summed E-state index contributed by atoms with van der Waals surface area (Å²) >= 11 is 0. The highest BCUT2D eigenvalue weighted by atomic mass is 16.5. The molecule has 1 saturated carbocycles. The molecule has 0 saturated heterocycles. The van der Waals surface area contributed by atoms with Gasteiger partial charge in [-0.15, -0.1) is 0 Å². The fourth-order valence-corrected chi connectivity index (χ4v) is 3.80. The van der Waals surface area contributed by atoms with E-state index in [-0.39, 0.29) is 11.3 Å². The monoisotopic (exact) mass is 321 g/mol. The fraction of sp³-hybridized carbons (Fsp3) is 0.381. The van der Waals surface area contributed by atoms with Gasteiger partial charge in [-0.2, -0.15) is 0 Å². The Bertz CT molecular complexity index is 747. The quantitative estimate of drug-likeness (QED) is 0.859. The van der Waals surface area contributed by atoms with E-state index in [1.165, 1.54) is 24.0 Å². The summed E-state index contributed by atoms with van der Waals surface area (Å²) in [6.07, 6.45) is 2.87. The van der Waals surface area contributed by atoms with Crippen LogP contribution in [0, 0.1) is 0 Å². The van der Waals surface area contributed by atoms with E-state index in [9.17, 15) is 4.79 Å². The highest BCUT2D eigenvalue weighted by Gasteiger charge is 2.49. The van der Waals surface area contributed by atoms with E-state index in [0.29, 0.717) is 13.0 Å². The van der Waals surface area contributed by atoms with E-state index < -0.39 is 0 Å². The number of amides is 1. The maximum absolute atomic E-state index is 12.8. The Morgan fingerprint density at radius 3 is 2.58 bits per heavy atom. The molecule has 0 radical (unpaired) electrons. The lowest BCUT2D eigenvalue weighted by Gasteiger charge is -2.35. The first-order chi connectivity index (χ1) is 11.7. The van der Waals surface area contributed by atoms with Gasteiger partial charge < -0.3 is 9.64 Å². The number of nitrogens with zero attached hydrogens (tertiary/aromatic N) is 1. The molecule has 124 valence electrons. The van der Waals surface area contributed by atoms with E-state index in [4.69, 9.17) is 4.74 Å². The number of fused-ring (bicyclic) bond motifs is 2. The molecule has 3 nitrogen and oxygen atoms in total. The highest BCUT2D eigenvalue weighted by Crippen LogP contribution is 2.52. The summed E-state index contributed by atoms with van der Waals surface area (Å²) in [6.45, 7) is 4.25. The third-order valence-corrected chi connectivity index (χ3v) is 5.24. The third-order valence-electron chi connectivity index (χ3n) is 5.24. The smallest absolute Gasteiger partial charge is 0.227 e. The van der Waals surface area contributed by atoms with Crippen molar-refractivity contribution in [2.75, 3.05) is 13.2 Å². The number of benzene rings is 2. The molecule has 0 atom stereocenters. The lowest BCUT2D eigenvalue weighted by molar-refractivity contribution is -0.132. The zero-order chi connectivity index (χ0) is 16.6. The summed E-state index contributed by atoms with van der Waals surface area (Å²) in [5, 5.41) is 0. The second-order valence-corrected chi connectivity index (χ2v) is 6.94. The van der Waals surface area contributed by atoms with Crippen LogP contribution < -0.4 is 4.74 Å². The maximum atomic E-state index is 12.8. The molecule has 1 heterocycles. The summed E-state index contributed by atoms with van der Waals surface area (Å²) in [7, 11) is 0. The molecule has 1 fully saturated rings. The second kappa shape index (κ2) is 5.97. The Labute approximate surface area is 143 Å². The molecule has 1 aliphatic heterocycles. The molecule has 1 amide bonds. The van der Waals surface area contributed by atoms with Crippen molar-refractivity contribution in [2.24, 2.45) is 0 Å². The Hall–Kier alpha value is -2.29. The number of hydrogen-bond donors (Lipinski definition) is 0. The Morgan fingerprint density at radius 2 is 1.88 bits per heavy atom. The van der Waals surface area contributed by atoms with Gasteiger partial charge in [0.15, 0.2) is 0 Å². The van der Waals surface area contributed by atoms with Gasteiger partial charge in [-0.3, -0.25) is 4.79 Å². The van der Waals surface area contributed by atoms with Crippen LogP contribution in [0.4, 0.5) is 0 Å². The van der Waals surface area contributed by atoms with Gasteiger partial charge >= 0.3 is 0 Å². The Kier molecular flexibility index (Phi) is 3.79. The molecule has 2 aromatic carbocycles. The number of rotatable bonds is 4. The van der Waals surface area contributed by atoms with E-state index in [2.05, 4.69) is 24.3 Å². The molecular weight excluding hydrogens is 298 g/mol. The molecule has 2 aliphatic rings. The van der Waals surface area contributed by atoms with Gasteiger partial charge in [-0.05, 0) is 48.6 Å². The van der Waals surface area contributed by atoms with E-state index in [0.717, 1.165) is 24.4 Å². The molecule has 0 aromatic heterocycles. The summed E-state index contributed by atoms with van der Waals surface area (Å²) in [6, 6.07) is 16.5. The van der Waals surface area contributed by atoms with Gasteiger partial charge in [0.1, 0.15) is 5.75 Å². The van der Waals surface area contributed by atoms with Crippen LogP contribution in [0.5, 0.6) is 5.75 Å². The van der Waals surface area contributed by atoms with Crippen molar-refractivity contribution in [1.82, 2.24) is 4.90 Å². The van der Waals surface area contributed by atoms with E-state index in [1.54, 1.807) is 0 Å². The second-order valence-electron chi connectivity index (χ2n) is 6.94. The van der Waals surface area contributed by atoms with Gasteiger partial charge in [0.05, 0.1) is 13.0 Å². The van der Waals surface area contributed by atoms with Crippen LogP contribution in [0.25, 0.3) is 0 Å². The molecule has 0 N–H and O–H groups in total. The molecule has 0 unspecified atom stereocenters. The standard InChI is InChI=1S/C21H23NO2/c1-2-24-18-9-7-16(8-10-18)13-20(23)22-14-17-5-3-4-6-19(17)21(15-22)11-12-21/h3-10H,2,11-15H2,1H3. The first-order valence-corrected chi connectivity index (χ1v) is 8.78. The predicted octanol–water partition coefficient (Wildman–Crippen LogP) is 3.70. The molecule has 1 aliphatic carbocycles. The number of carbonyl (C=O) groups excluding carboxylic acids is 1. The molecular formula is C21H23NO2. The van der Waals surface area contributed by atoms with Crippen LogP contribution in [-0.2, 0) is 23.2 Å². The van der Waals surface area contributed by atoms with Crippen LogP contribution in [0.15, 0.2) is 48.5 Å². The summed E-state index contributed by atoms with van der Waals surface area (Å²) in [5.74, 6) is 1.08. The SMILES string of the molecule is CCOc1ccc(CC(=O)N2Cc3ccccc3C3(CC3)C2)cc1. The summed E-state index contributed by atoms with van der Waals surface area (Å²) in [4.78, 5) is 14.8. The van der Waals surface area contributed by atoms with Gasteiger partial charge in [0.2, 0.25) is 5.91 Å². The highest BCUT2D eigenvalue weighted by molar-refractivity contribution is 5.79. The zero-order valence-corrected chi connectivity index (χ0v) is 14.1. The summed E-state index contributed by atoms with van der Waals surface area (Å²) < 4.78 is 5.46. The first-order valence-electron chi connectivity index (χ1n) is 8.78. The third kappa shape index (κ3) is 2.79. The number of carbonyl (C=O) groups is 1. The van der Waals surface area contributed by atoms with Crippen LogP contribution in [-0.4, -0.2) is 24.0 Å². The largest absolute Gasteiger partial charge is 0.494 e. The minimum atomic E-state index is 0.222. The Balaban J connectivity index is 1.48. The van der Waals surface area contributed by atoms with E-state index in [1.807, 2.05) is 36.1 Å². The van der Waals surface area contributed by atoms with Gasteiger partial charge in [-0.25, -0.2) is 0 Å². The first kappa shape index (κ1) is 15.3. The molecule has 4 rings (SSSR count). The Morgan fingerprint density at radius 1 is 1.12 bits per heavy atom. The van der Waals surface area contributed by atoms with E-state index >= 15 is 0 Å². The van der Waals surface area contributed by atoms with Crippen molar-refractivity contribution in [3.05, 3.63) is 65.2 Å². The normalized spacial score (nSPS) is 17.5. The predicted molar refractivity (Wildman–Crippen MR) is 94.1 cm³/mol. The zero-order valence-electron chi connectivity index (χ0n) is 14.1. The molecule has 3 heteroatoms. The van der Waals surface area contributed by atoms with Gasteiger partial charge in [-0.1, -0.05) is 36.4 Å². The maximum Gasteiger partial charge on any atom is 0.227 e. The van der Waals surface area contributed by atoms with Crippen LogP contribution in [0.2, 0.25) is 0 Å². The fourth-order valence-electron chi connectivity index (χ4n) is 3.80. The number of ether oxygens (including phenoxy) is 1. The van der Waals surface area contributed by atoms with Crippen LogP contribution in [0.1, 0.15) is 36.5 Å². The van der Waals surface area contributed by atoms with Crippen molar-refractivity contribution in [3.8, 4) is 5.75 Å². The topological polar surface area (TPSA) is 29.5 Å². The minimum Gasteiger partial charge on any atom is -0.494 e. The van der Waals surface area contributed by atoms with Crippen molar-refractivity contribution >= 4 is 5.91 Å². The van der Waals surface area contributed by atoms with Gasteiger partial charge in [0.25, 0.3) is 0 Å². The minimum absolute atomic E-state index is 0.222. The van der Waals surface area contributed by atoms with Crippen LogP contribution in [0.3, 0.4) is 0 Å². The summed E-state index contributed by atoms with van der Waals surface area (Å²) in [5.41, 5.74) is 4.08. The molecule has 2 aromatic rings. The molecule has 0 bridgehead atoms. The number of hydrogen-bond acceptors (Lipinski definition) is 2. The lowest BCUT2D eigenvalue weighted by Crippen LogP contribution is -2.42.